The Kier molecular flexibility index (Phi) is 4.90. The predicted octanol–water partition coefficient (Wildman–Crippen LogP) is 3.85. The molecular weight excluding hydrogens is 194 g/mol. The van der Waals surface area contributed by atoms with E-state index in [9.17, 15) is 0 Å². The number of nitrogens with zero attached hydrogens (tertiary/aromatic N) is 1. The fourth-order valence-corrected chi connectivity index (χ4v) is 3.40. The lowest BCUT2D eigenvalue weighted by Gasteiger charge is -2.26. The van der Waals surface area contributed by atoms with Crippen molar-refractivity contribution in [1.82, 2.24) is 4.90 Å². The molecule has 2 rings (SSSR count). The SMILES string of the molecule is CN1CCCC(C2CC/C=C/CCC2)CC1. The monoisotopic (exact) mass is 221 g/mol. The van der Waals surface area contributed by atoms with Gasteiger partial charge in [-0.1, -0.05) is 12.2 Å². The van der Waals surface area contributed by atoms with E-state index in [0.29, 0.717) is 0 Å². The van der Waals surface area contributed by atoms with Gasteiger partial charge in [0.25, 0.3) is 0 Å². The molecule has 0 aromatic heterocycles. The highest BCUT2D eigenvalue weighted by Gasteiger charge is 2.23. The first-order chi connectivity index (χ1) is 7.86. The van der Waals surface area contributed by atoms with Crippen molar-refractivity contribution in [3.05, 3.63) is 12.2 Å². The minimum absolute atomic E-state index is 1.02. The lowest BCUT2D eigenvalue weighted by molar-refractivity contribution is 0.256. The van der Waals surface area contributed by atoms with Crippen LogP contribution in [0.2, 0.25) is 0 Å². The van der Waals surface area contributed by atoms with E-state index in [-0.39, 0.29) is 0 Å². The number of allylic oxidation sites excluding steroid dienone is 2. The van der Waals surface area contributed by atoms with Crippen molar-refractivity contribution in [2.75, 3.05) is 20.1 Å². The molecule has 2 unspecified atom stereocenters. The molecule has 1 fully saturated rings. The van der Waals surface area contributed by atoms with E-state index in [1.807, 2.05) is 0 Å². The maximum absolute atomic E-state index is 2.52. The van der Waals surface area contributed by atoms with Gasteiger partial charge in [0.1, 0.15) is 0 Å². The zero-order chi connectivity index (χ0) is 11.2. The average Bonchev–Trinajstić information content (AvgIpc) is 2.43. The molecule has 0 amide bonds. The van der Waals surface area contributed by atoms with Gasteiger partial charge in [-0.2, -0.15) is 0 Å². The molecule has 1 heteroatoms. The molecule has 1 aliphatic heterocycles. The van der Waals surface area contributed by atoms with Crippen LogP contribution in [0.5, 0.6) is 0 Å². The zero-order valence-corrected chi connectivity index (χ0v) is 10.8. The molecule has 0 radical (unpaired) electrons. The van der Waals surface area contributed by atoms with Gasteiger partial charge in [-0.05, 0) is 83.3 Å². The van der Waals surface area contributed by atoms with Crippen molar-refractivity contribution >= 4 is 0 Å². The lowest BCUT2D eigenvalue weighted by atomic mass is 9.79. The molecule has 92 valence electrons. The fourth-order valence-electron chi connectivity index (χ4n) is 3.40. The summed E-state index contributed by atoms with van der Waals surface area (Å²) in [6.45, 7) is 2.65. The summed E-state index contributed by atoms with van der Waals surface area (Å²) in [5.41, 5.74) is 0. The van der Waals surface area contributed by atoms with Crippen LogP contribution in [0.3, 0.4) is 0 Å². The van der Waals surface area contributed by atoms with E-state index >= 15 is 0 Å². The zero-order valence-electron chi connectivity index (χ0n) is 10.8. The standard InChI is InChI=1S/C15H27N/c1-16-12-7-10-15(11-13-16)14-8-5-3-2-4-6-9-14/h2-3,14-15H,4-13H2,1H3/b3-2+. The molecule has 0 aromatic rings. The van der Waals surface area contributed by atoms with Crippen molar-refractivity contribution in [2.24, 2.45) is 11.8 Å². The van der Waals surface area contributed by atoms with Crippen LogP contribution in [0.25, 0.3) is 0 Å². The second-order valence-electron chi connectivity index (χ2n) is 5.73. The van der Waals surface area contributed by atoms with E-state index in [1.54, 1.807) is 0 Å². The summed E-state index contributed by atoms with van der Waals surface area (Å²) >= 11 is 0. The maximum atomic E-state index is 2.52. The quantitative estimate of drug-likeness (QED) is 0.608. The summed E-state index contributed by atoms with van der Waals surface area (Å²) < 4.78 is 0. The number of hydrogen-bond donors (Lipinski definition) is 0. The van der Waals surface area contributed by atoms with Crippen LogP contribution < -0.4 is 0 Å². The molecular formula is C15H27N. The van der Waals surface area contributed by atoms with Crippen LogP contribution >= 0.6 is 0 Å². The molecule has 2 aliphatic rings. The second kappa shape index (κ2) is 6.44. The Bertz CT molecular complexity index is 221. The Morgan fingerprint density at radius 3 is 2.50 bits per heavy atom. The van der Waals surface area contributed by atoms with Crippen LogP contribution in [0.4, 0.5) is 0 Å². The van der Waals surface area contributed by atoms with E-state index in [2.05, 4.69) is 24.1 Å². The third-order valence-corrected chi connectivity index (χ3v) is 4.48. The van der Waals surface area contributed by atoms with Gasteiger partial charge in [-0.15, -0.1) is 0 Å². The van der Waals surface area contributed by atoms with E-state index in [0.717, 1.165) is 11.8 Å². The van der Waals surface area contributed by atoms with Crippen molar-refractivity contribution < 1.29 is 0 Å². The molecule has 1 nitrogen and oxygen atoms in total. The van der Waals surface area contributed by atoms with Crippen molar-refractivity contribution in [3.63, 3.8) is 0 Å². The highest BCUT2D eigenvalue weighted by atomic mass is 15.1. The number of likely N-dealkylation sites (tertiary alicyclic amines) is 1. The van der Waals surface area contributed by atoms with Crippen LogP contribution in [0.15, 0.2) is 12.2 Å². The van der Waals surface area contributed by atoms with Crippen molar-refractivity contribution in [3.8, 4) is 0 Å². The van der Waals surface area contributed by atoms with Gasteiger partial charge >= 0.3 is 0 Å². The van der Waals surface area contributed by atoms with Gasteiger partial charge in [0.05, 0.1) is 0 Å². The third kappa shape index (κ3) is 3.62. The summed E-state index contributed by atoms with van der Waals surface area (Å²) in [4.78, 5) is 2.52. The van der Waals surface area contributed by atoms with Crippen LogP contribution in [-0.4, -0.2) is 25.0 Å². The molecule has 0 bridgehead atoms. The molecule has 2 atom stereocenters. The molecule has 0 aromatic carbocycles. The van der Waals surface area contributed by atoms with Gasteiger partial charge in [-0.3, -0.25) is 0 Å². The maximum Gasteiger partial charge on any atom is -0.00190 e. The van der Waals surface area contributed by atoms with Crippen LogP contribution in [0.1, 0.15) is 51.4 Å². The lowest BCUT2D eigenvalue weighted by Crippen LogP contribution is -2.20. The predicted molar refractivity (Wildman–Crippen MR) is 70.6 cm³/mol. The summed E-state index contributed by atoms with van der Waals surface area (Å²) in [5, 5.41) is 0. The smallest absolute Gasteiger partial charge is 0.00190 e. The Morgan fingerprint density at radius 1 is 0.812 bits per heavy atom. The summed E-state index contributed by atoms with van der Waals surface area (Å²) in [6.07, 6.45) is 16.2. The molecule has 0 N–H and O–H groups in total. The highest BCUT2D eigenvalue weighted by Crippen LogP contribution is 2.32. The number of rotatable bonds is 1. The Balaban J connectivity index is 1.86. The normalized spacial score (nSPS) is 36.1. The van der Waals surface area contributed by atoms with Crippen LogP contribution in [0, 0.1) is 11.8 Å². The second-order valence-corrected chi connectivity index (χ2v) is 5.73. The third-order valence-electron chi connectivity index (χ3n) is 4.48. The topological polar surface area (TPSA) is 3.24 Å². The van der Waals surface area contributed by atoms with Gasteiger partial charge in [0.15, 0.2) is 0 Å². The summed E-state index contributed by atoms with van der Waals surface area (Å²) in [7, 11) is 2.28. The average molecular weight is 221 g/mol. The molecule has 1 aliphatic carbocycles. The van der Waals surface area contributed by atoms with Gasteiger partial charge in [0, 0.05) is 0 Å². The summed E-state index contributed by atoms with van der Waals surface area (Å²) in [6, 6.07) is 0. The number of hydrogen-bond acceptors (Lipinski definition) is 1. The fraction of sp³-hybridized carbons (Fsp3) is 0.867. The Morgan fingerprint density at radius 2 is 1.56 bits per heavy atom. The molecule has 16 heavy (non-hydrogen) atoms. The Hall–Kier alpha value is -0.300. The largest absolute Gasteiger partial charge is 0.306 e. The van der Waals surface area contributed by atoms with Gasteiger partial charge in [-0.25, -0.2) is 0 Å². The van der Waals surface area contributed by atoms with E-state index in [1.165, 1.54) is 64.5 Å². The highest BCUT2D eigenvalue weighted by molar-refractivity contribution is 4.87. The molecule has 1 saturated heterocycles. The first-order valence-corrected chi connectivity index (χ1v) is 7.20. The van der Waals surface area contributed by atoms with E-state index in [4.69, 9.17) is 0 Å². The molecule has 0 saturated carbocycles. The minimum Gasteiger partial charge on any atom is -0.306 e. The van der Waals surface area contributed by atoms with Crippen LogP contribution in [-0.2, 0) is 0 Å². The van der Waals surface area contributed by atoms with Crippen molar-refractivity contribution in [2.45, 2.75) is 51.4 Å². The summed E-state index contributed by atoms with van der Waals surface area (Å²) in [5.74, 6) is 2.05. The van der Waals surface area contributed by atoms with Gasteiger partial charge in [0.2, 0.25) is 0 Å². The van der Waals surface area contributed by atoms with Gasteiger partial charge < -0.3 is 4.90 Å². The first kappa shape index (κ1) is 12.2. The van der Waals surface area contributed by atoms with Crippen molar-refractivity contribution in [1.29, 1.82) is 0 Å². The molecule has 1 heterocycles. The first-order valence-electron chi connectivity index (χ1n) is 7.20. The van der Waals surface area contributed by atoms with E-state index < -0.39 is 0 Å². The Labute approximate surface area is 101 Å². The minimum atomic E-state index is 1.02. The molecule has 0 spiro atoms.